The minimum Gasteiger partial charge on any atom is -0.465 e. The van der Waals surface area contributed by atoms with Gasteiger partial charge in [-0.05, 0) is 83.5 Å². The molecule has 24 heteroatoms. The van der Waals surface area contributed by atoms with Crippen molar-refractivity contribution in [2.45, 2.75) is 237 Å². The molecule has 0 radical (unpaired) electrons. The number of methoxy groups -OCH3 is 7. The number of carbonyl (C=O) groups excluding carboxylic acids is 1. The molecule has 9 aliphatic heterocycles. The molecule has 24 nitrogen and oxygen atoms in total. The summed E-state index contributed by atoms with van der Waals surface area (Å²) in [5, 5.41) is 0. The van der Waals surface area contributed by atoms with Gasteiger partial charge in [-0.15, -0.1) is 0 Å². The summed E-state index contributed by atoms with van der Waals surface area (Å²) in [6, 6.07) is 0. The Morgan fingerprint density at radius 2 is 0.452 bits per heavy atom. The predicted molar refractivity (Wildman–Crippen MR) is 456 cm³/mol. The average molecular weight is 1660 g/mol. The van der Waals surface area contributed by atoms with Crippen LogP contribution in [-0.2, 0) is 114 Å². The zero-order valence-electron chi connectivity index (χ0n) is 77.3. The normalized spacial score (nSPS) is 19.9. The maximum Gasteiger partial charge on any atom is 0.305 e. The van der Waals surface area contributed by atoms with Gasteiger partial charge in [0.1, 0.15) is 6.61 Å². The number of hydrogen-bond acceptors (Lipinski definition) is 24. The first-order chi connectivity index (χ1) is 55.5. The molecule has 9 rings (SSSR count). The first-order valence-electron chi connectivity index (χ1n) is 44.8. The summed E-state index contributed by atoms with van der Waals surface area (Å²) in [7, 11) is 12.0. The fraction of sp³-hybridized carbons (Fsp3) is 0.989. The Balaban J connectivity index is 0.000000651. The Morgan fingerprint density at radius 1 is 0.226 bits per heavy atom. The third-order valence-electron chi connectivity index (χ3n) is 22.2. The van der Waals surface area contributed by atoms with Gasteiger partial charge in [0.25, 0.3) is 0 Å². The van der Waals surface area contributed by atoms with E-state index in [0.29, 0.717) is 84.0 Å². The summed E-state index contributed by atoms with van der Waals surface area (Å²) in [4.78, 5) is 11.2. The highest BCUT2D eigenvalue weighted by molar-refractivity contribution is 5.69. The molecule has 0 atom stereocenters. The largest absolute Gasteiger partial charge is 0.465 e. The van der Waals surface area contributed by atoms with Crippen molar-refractivity contribution in [2.24, 2.45) is 48.7 Å². The lowest BCUT2D eigenvalue weighted by atomic mass is 9.84. The van der Waals surface area contributed by atoms with E-state index in [-0.39, 0.29) is 16.8 Å². The molecular weight excluding hydrogens is 1480 g/mol. The van der Waals surface area contributed by atoms with E-state index in [1.807, 2.05) is 0 Å². The van der Waals surface area contributed by atoms with Crippen LogP contribution in [0.1, 0.15) is 237 Å². The summed E-state index contributed by atoms with van der Waals surface area (Å²) >= 11 is 0. The SMILES string of the molecule is CCC1(COC)COC1.CCC1(COCCCCCCOC)COC1.CCC1(COCCCCOC)COC1.CCCCCCCCCOCC1(CC)COC1.CCCCCCOCC1(C)COC1.COCC1(C)COC1.COCCCC(=O)OCC1(C)COC1.COCCCCOCC1(C)COC1.COCCOCC1(C)COC1. The maximum absolute atomic E-state index is 11.2. The molecule has 0 aliphatic carbocycles. The number of rotatable bonds is 59. The van der Waals surface area contributed by atoms with Crippen molar-refractivity contribution in [2.75, 3.05) is 301 Å². The predicted octanol–water partition coefficient (Wildman–Crippen LogP) is 16.2. The fourth-order valence-electron chi connectivity index (χ4n) is 12.6. The van der Waals surface area contributed by atoms with E-state index >= 15 is 0 Å². The Labute approximate surface area is 702 Å². The monoisotopic (exact) mass is 1660 g/mol. The molecule has 0 unspecified atom stereocenters. The van der Waals surface area contributed by atoms with Crippen molar-refractivity contribution in [1.82, 2.24) is 0 Å². The lowest BCUT2D eigenvalue weighted by Gasteiger charge is -2.40. The van der Waals surface area contributed by atoms with Gasteiger partial charge in [0.05, 0.1) is 185 Å². The molecule has 0 N–H and O–H groups in total. The Hall–Kier alpha value is -1.41. The summed E-state index contributed by atoms with van der Waals surface area (Å²) in [6.07, 6.45) is 29.7. The van der Waals surface area contributed by atoms with Gasteiger partial charge in [-0.25, -0.2) is 0 Å². The molecule has 115 heavy (non-hydrogen) atoms. The summed E-state index contributed by atoms with van der Waals surface area (Å²) in [6.45, 7) is 55.8. The van der Waals surface area contributed by atoms with E-state index in [4.69, 9.17) is 109 Å². The van der Waals surface area contributed by atoms with Gasteiger partial charge >= 0.3 is 5.97 Å². The van der Waals surface area contributed by atoms with Gasteiger partial charge in [0.2, 0.25) is 0 Å². The second kappa shape index (κ2) is 69.9. The number of unbranched alkanes of at least 4 members (excludes halogenated alkanes) is 14. The minimum absolute atomic E-state index is 0.0525. The van der Waals surface area contributed by atoms with Crippen LogP contribution in [0.15, 0.2) is 0 Å². The van der Waals surface area contributed by atoms with Crippen LogP contribution < -0.4 is 0 Å². The van der Waals surface area contributed by atoms with Crippen LogP contribution in [0.5, 0.6) is 0 Å². The molecule has 0 aromatic heterocycles. The average Bonchev–Trinajstić information content (AvgIpc) is 0.840. The van der Waals surface area contributed by atoms with Gasteiger partial charge in [-0.1, -0.05) is 147 Å². The maximum atomic E-state index is 11.2. The van der Waals surface area contributed by atoms with E-state index in [1.165, 1.54) is 116 Å². The highest BCUT2D eigenvalue weighted by Gasteiger charge is 2.41. The first kappa shape index (κ1) is 112. The lowest BCUT2D eigenvalue weighted by Crippen LogP contribution is -2.45. The highest BCUT2D eigenvalue weighted by Crippen LogP contribution is 2.36. The second-order valence-corrected chi connectivity index (χ2v) is 35.8. The molecule has 0 bridgehead atoms. The van der Waals surface area contributed by atoms with Crippen LogP contribution in [0.4, 0.5) is 0 Å². The third kappa shape index (κ3) is 54.7. The number of esters is 1. The fourth-order valence-corrected chi connectivity index (χ4v) is 12.6. The van der Waals surface area contributed by atoms with Gasteiger partial charge < -0.3 is 109 Å². The van der Waals surface area contributed by atoms with Crippen molar-refractivity contribution in [1.29, 1.82) is 0 Å². The van der Waals surface area contributed by atoms with Crippen LogP contribution in [0.2, 0.25) is 0 Å². The molecule has 9 saturated heterocycles. The molecule has 688 valence electrons. The van der Waals surface area contributed by atoms with Gasteiger partial charge in [-0.3, -0.25) is 4.79 Å². The van der Waals surface area contributed by atoms with Crippen molar-refractivity contribution >= 4 is 5.97 Å². The smallest absolute Gasteiger partial charge is 0.305 e. The van der Waals surface area contributed by atoms with E-state index in [1.54, 1.807) is 49.8 Å². The van der Waals surface area contributed by atoms with E-state index in [2.05, 4.69) is 76.2 Å². The van der Waals surface area contributed by atoms with Crippen LogP contribution in [0, 0.1) is 48.7 Å². The molecule has 0 saturated carbocycles. The number of ether oxygens (including phenoxy) is 23. The van der Waals surface area contributed by atoms with Crippen molar-refractivity contribution in [3.8, 4) is 0 Å². The van der Waals surface area contributed by atoms with Crippen LogP contribution in [-0.4, -0.2) is 307 Å². The topological polar surface area (TPSA) is 229 Å². The molecule has 0 aromatic carbocycles. The van der Waals surface area contributed by atoms with Crippen LogP contribution in [0.3, 0.4) is 0 Å². The Bertz CT molecular complexity index is 2070. The standard InChI is InChI=1S/C15H30O2.C13H26O3.C11H22O3.C11H22O2.C10H18O4.C10H20O3.C8H16O3.C7H14O2.C6H12O2/c1-3-5-6-7-8-9-10-11-16-12-15(4-2)13-17-14-15;1-3-13(11-16-12-13)10-15-9-7-5-4-6-8-14-2;1-3-11(9-14-10-11)8-13-7-5-4-6-12-2;1-3-4-5-6-7-12-8-11(2)9-13-10-11;1-10(6-13-7-10)8-14-9(11)4-3-5-12-2;1-10(8-13-9-10)7-12-6-4-3-5-11-2;1-8(6-11-7-8)5-10-4-3-9-2;1-3-7(4-8-2)5-9-6-7;1-6(3-7-2)4-8-5-6/h3-14H2,1-2H3;3-12H2,1-2H3;3-10H2,1-2H3;3-10H2,1-2H3;3-8H2,1-2H3;3-9H2,1-2H3;3-7H2,1-2H3;3-6H2,1-2H3;3-5H2,1-2H3. The first-order valence-corrected chi connectivity index (χ1v) is 44.8. The Kier molecular flexibility index (Phi) is 67.9. The zero-order valence-corrected chi connectivity index (χ0v) is 77.3. The van der Waals surface area contributed by atoms with E-state index < -0.39 is 0 Å². The van der Waals surface area contributed by atoms with Gasteiger partial charge in [-0.2, -0.15) is 0 Å². The van der Waals surface area contributed by atoms with Gasteiger partial charge in [0.15, 0.2) is 0 Å². The van der Waals surface area contributed by atoms with Crippen molar-refractivity contribution in [3.63, 3.8) is 0 Å². The molecule has 0 amide bonds. The van der Waals surface area contributed by atoms with Crippen molar-refractivity contribution in [3.05, 3.63) is 0 Å². The van der Waals surface area contributed by atoms with Crippen LogP contribution >= 0.6 is 0 Å². The minimum atomic E-state index is -0.143. The molecular formula is C91H180O24. The molecule has 0 spiro atoms. The molecule has 9 aliphatic rings. The quantitative estimate of drug-likeness (QED) is 0.0407. The molecule has 9 heterocycles. The van der Waals surface area contributed by atoms with Crippen molar-refractivity contribution < 1.29 is 114 Å². The summed E-state index contributed by atoms with van der Waals surface area (Å²) in [5.41, 5.74) is 2.68. The Morgan fingerprint density at radius 3 is 0.704 bits per heavy atom. The summed E-state index contributed by atoms with van der Waals surface area (Å²) < 4.78 is 120. The second-order valence-electron chi connectivity index (χ2n) is 35.8. The molecule has 9 fully saturated rings. The number of hydrogen-bond donors (Lipinski definition) is 0. The number of carbonyl (C=O) groups is 1. The zero-order chi connectivity index (χ0) is 84.9. The summed E-state index contributed by atoms with van der Waals surface area (Å²) in [5.74, 6) is -0.143. The van der Waals surface area contributed by atoms with Crippen LogP contribution in [0.25, 0.3) is 0 Å². The molecule has 0 aromatic rings. The lowest BCUT2D eigenvalue weighted by molar-refractivity contribution is -0.165. The van der Waals surface area contributed by atoms with Gasteiger partial charge in [0, 0.05) is 164 Å². The van der Waals surface area contributed by atoms with E-state index in [0.717, 1.165) is 250 Å². The highest BCUT2D eigenvalue weighted by atomic mass is 16.6. The third-order valence-corrected chi connectivity index (χ3v) is 22.2. The van der Waals surface area contributed by atoms with E-state index in [9.17, 15) is 4.79 Å².